The molecule has 4 nitrogen and oxygen atoms in total. The van der Waals surface area contributed by atoms with Gasteiger partial charge in [0.15, 0.2) is 11.5 Å². The van der Waals surface area contributed by atoms with Crippen molar-refractivity contribution in [1.82, 2.24) is 5.32 Å². The SMILES string of the molecule is CCCNC(=O)C=Cc1ccc(O)c(O)c1. The molecule has 1 rings (SSSR count). The van der Waals surface area contributed by atoms with Crippen LogP contribution in [0.5, 0.6) is 11.5 Å². The quantitative estimate of drug-likeness (QED) is 0.534. The second-order valence-corrected chi connectivity index (χ2v) is 3.37. The van der Waals surface area contributed by atoms with Crippen molar-refractivity contribution in [2.75, 3.05) is 6.54 Å². The molecule has 0 bridgehead atoms. The Labute approximate surface area is 94.2 Å². The van der Waals surface area contributed by atoms with Crippen LogP contribution >= 0.6 is 0 Å². The van der Waals surface area contributed by atoms with Crippen molar-refractivity contribution in [3.8, 4) is 11.5 Å². The molecule has 1 aromatic rings. The molecular weight excluding hydrogens is 206 g/mol. The molecule has 0 fully saturated rings. The number of aromatic hydroxyl groups is 2. The van der Waals surface area contributed by atoms with Gasteiger partial charge >= 0.3 is 0 Å². The van der Waals surface area contributed by atoms with Crippen molar-refractivity contribution in [2.45, 2.75) is 13.3 Å². The molecule has 4 heteroatoms. The summed E-state index contributed by atoms with van der Waals surface area (Å²) in [6.45, 7) is 2.62. The summed E-state index contributed by atoms with van der Waals surface area (Å²) in [7, 11) is 0. The second-order valence-electron chi connectivity index (χ2n) is 3.37. The van der Waals surface area contributed by atoms with Crippen LogP contribution < -0.4 is 5.32 Å². The Hall–Kier alpha value is -1.97. The highest BCUT2D eigenvalue weighted by atomic mass is 16.3. The van der Waals surface area contributed by atoms with E-state index in [-0.39, 0.29) is 17.4 Å². The van der Waals surface area contributed by atoms with Gasteiger partial charge in [-0.15, -0.1) is 0 Å². The van der Waals surface area contributed by atoms with Crippen molar-refractivity contribution in [3.63, 3.8) is 0 Å². The zero-order chi connectivity index (χ0) is 12.0. The lowest BCUT2D eigenvalue weighted by Crippen LogP contribution is -2.21. The van der Waals surface area contributed by atoms with Crippen molar-refractivity contribution >= 4 is 12.0 Å². The van der Waals surface area contributed by atoms with Gasteiger partial charge in [0.05, 0.1) is 0 Å². The Balaban J connectivity index is 2.62. The molecule has 0 saturated heterocycles. The number of hydrogen-bond acceptors (Lipinski definition) is 3. The van der Waals surface area contributed by atoms with Crippen LogP contribution in [0.3, 0.4) is 0 Å². The maximum absolute atomic E-state index is 11.2. The first-order valence-electron chi connectivity index (χ1n) is 5.11. The van der Waals surface area contributed by atoms with Crippen molar-refractivity contribution in [1.29, 1.82) is 0 Å². The van der Waals surface area contributed by atoms with E-state index in [4.69, 9.17) is 5.11 Å². The van der Waals surface area contributed by atoms with Crippen LogP contribution in [0.15, 0.2) is 24.3 Å². The number of amides is 1. The number of carbonyl (C=O) groups excluding carboxylic acids is 1. The summed E-state index contributed by atoms with van der Waals surface area (Å²) in [5.41, 5.74) is 0.655. The fourth-order valence-electron chi connectivity index (χ4n) is 1.12. The van der Waals surface area contributed by atoms with Crippen LogP contribution in [0.1, 0.15) is 18.9 Å². The van der Waals surface area contributed by atoms with E-state index in [0.717, 1.165) is 6.42 Å². The summed E-state index contributed by atoms with van der Waals surface area (Å²) in [6, 6.07) is 4.37. The summed E-state index contributed by atoms with van der Waals surface area (Å²) in [5.74, 6) is -0.543. The van der Waals surface area contributed by atoms with E-state index >= 15 is 0 Å². The lowest BCUT2D eigenvalue weighted by atomic mass is 10.2. The smallest absolute Gasteiger partial charge is 0.243 e. The number of benzene rings is 1. The van der Waals surface area contributed by atoms with Gasteiger partial charge in [-0.3, -0.25) is 4.79 Å². The average Bonchev–Trinajstić information content (AvgIpc) is 2.28. The lowest BCUT2D eigenvalue weighted by molar-refractivity contribution is -0.116. The number of carbonyl (C=O) groups is 1. The topological polar surface area (TPSA) is 69.6 Å². The largest absolute Gasteiger partial charge is 0.504 e. The molecule has 3 N–H and O–H groups in total. The molecule has 0 atom stereocenters. The van der Waals surface area contributed by atoms with Gasteiger partial charge in [0.25, 0.3) is 0 Å². The molecule has 0 aromatic heterocycles. The molecule has 0 radical (unpaired) electrons. The highest BCUT2D eigenvalue weighted by Crippen LogP contribution is 2.25. The molecular formula is C12H15NO3. The summed E-state index contributed by atoms with van der Waals surface area (Å²) in [6.07, 6.45) is 3.85. The van der Waals surface area contributed by atoms with Crippen LogP contribution in [0.25, 0.3) is 6.08 Å². The van der Waals surface area contributed by atoms with E-state index in [2.05, 4.69) is 5.32 Å². The highest BCUT2D eigenvalue weighted by Gasteiger charge is 1.98. The maximum Gasteiger partial charge on any atom is 0.243 e. The van der Waals surface area contributed by atoms with Gasteiger partial charge in [-0.25, -0.2) is 0 Å². The third-order valence-electron chi connectivity index (χ3n) is 1.98. The van der Waals surface area contributed by atoms with Crippen molar-refractivity contribution in [3.05, 3.63) is 29.8 Å². The van der Waals surface area contributed by atoms with E-state index in [9.17, 15) is 9.90 Å². The number of phenols is 2. The minimum atomic E-state index is -0.198. The molecule has 0 aliphatic heterocycles. The first kappa shape index (κ1) is 12.1. The molecule has 1 amide bonds. The monoisotopic (exact) mass is 221 g/mol. The van der Waals surface area contributed by atoms with Gasteiger partial charge in [0.2, 0.25) is 5.91 Å². The van der Waals surface area contributed by atoms with Crippen LogP contribution in [0.4, 0.5) is 0 Å². The predicted molar refractivity (Wildman–Crippen MR) is 62.1 cm³/mol. The van der Waals surface area contributed by atoms with Crippen LogP contribution in [-0.4, -0.2) is 22.7 Å². The Bertz CT molecular complexity index is 399. The Morgan fingerprint density at radius 1 is 1.38 bits per heavy atom. The third-order valence-corrected chi connectivity index (χ3v) is 1.98. The Morgan fingerprint density at radius 2 is 2.12 bits per heavy atom. The van der Waals surface area contributed by atoms with Crippen LogP contribution in [-0.2, 0) is 4.79 Å². The summed E-state index contributed by atoms with van der Waals surface area (Å²) in [5, 5.41) is 21.0. The molecule has 0 aliphatic carbocycles. The second kappa shape index (κ2) is 5.80. The fourth-order valence-corrected chi connectivity index (χ4v) is 1.12. The first-order chi connectivity index (χ1) is 7.63. The first-order valence-corrected chi connectivity index (χ1v) is 5.11. The summed E-state index contributed by atoms with van der Waals surface area (Å²) >= 11 is 0. The maximum atomic E-state index is 11.2. The average molecular weight is 221 g/mol. The lowest BCUT2D eigenvalue weighted by Gasteiger charge is -1.99. The number of hydrogen-bond donors (Lipinski definition) is 3. The zero-order valence-corrected chi connectivity index (χ0v) is 9.10. The van der Waals surface area contributed by atoms with Gasteiger partial charge in [-0.2, -0.15) is 0 Å². The van der Waals surface area contributed by atoms with E-state index in [1.165, 1.54) is 18.2 Å². The van der Waals surface area contributed by atoms with Crippen molar-refractivity contribution < 1.29 is 15.0 Å². The highest BCUT2D eigenvalue weighted by molar-refractivity contribution is 5.91. The van der Waals surface area contributed by atoms with Gasteiger partial charge in [0, 0.05) is 12.6 Å². The molecule has 0 saturated carbocycles. The normalized spacial score (nSPS) is 10.6. The molecule has 16 heavy (non-hydrogen) atoms. The van der Waals surface area contributed by atoms with Gasteiger partial charge < -0.3 is 15.5 Å². The Morgan fingerprint density at radius 3 is 2.75 bits per heavy atom. The number of phenolic OH excluding ortho intramolecular Hbond substituents is 2. The number of rotatable bonds is 4. The van der Waals surface area contributed by atoms with Gasteiger partial charge in [-0.1, -0.05) is 13.0 Å². The molecule has 86 valence electrons. The molecule has 1 aromatic carbocycles. The summed E-state index contributed by atoms with van der Waals surface area (Å²) in [4.78, 5) is 11.2. The van der Waals surface area contributed by atoms with E-state index < -0.39 is 0 Å². The number of nitrogens with one attached hydrogen (secondary N) is 1. The van der Waals surface area contributed by atoms with Crippen LogP contribution in [0.2, 0.25) is 0 Å². The van der Waals surface area contributed by atoms with E-state index in [1.54, 1.807) is 12.1 Å². The van der Waals surface area contributed by atoms with Gasteiger partial charge in [0.1, 0.15) is 0 Å². The molecule has 0 heterocycles. The van der Waals surface area contributed by atoms with Crippen molar-refractivity contribution in [2.24, 2.45) is 0 Å². The fraction of sp³-hybridized carbons (Fsp3) is 0.250. The Kier molecular flexibility index (Phi) is 4.39. The van der Waals surface area contributed by atoms with E-state index in [0.29, 0.717) is 12.1 Å². The third kappa shape index (κ3) is 3.65. The molecule has 0 unspecified atom stereocenters. The minimum Gasteiger partial charge on any atom is -0.504 e. The standard InChI is InChI=1S/C12H15NO3/c1-2-7-13-12(16)6-4-9-3-5-10(14)11(15)8-9/h3-6,8,14-15H,2,7H2,1H3,(H,13,16). The van der Waals surface area contributed by atoms with Crippen LogP contribution in [0, 0.1) is 0 Å². The minimum absolute atomic E-state index is 0.172. The predicted octanol–water partition coefficient (Wildman–Crippen LogP) is 1.64. The molecule has 0 spiro atoms. The summed E-state index contributed by atoms with van der Waals surface area (Å²) < 4.78 is 0. The van der Waals surface area contributed by atoms with Gasteiger partial charge in [-0.05, 0) is 30.2 Å². The van der Waals surface area contributed by atoms with E-state index in [1.807, 2.05) is 6.92 Å². The zero-order valence-electron chi connectivity index (χ0n) is 9.10. The molecule has 0 aliphatic rings.